The van der Waals surface area contributed by atoms with Gasteiger partial charge >= 0.3 is 6.03 Å². The molecule has 0 saturated heterocycles. The van der Waals surface area contributed by atoms with Crippen LogP contribution in [0.15, 0.2) is 48.5 Å². The predicted octanol–water partition coefficient (Wildman–Crippen LogP) is 4.34. The summed E-state index contributed by atoms with van der Waals surface area (Å²) < 4.78 is 11.3. The number of rotatable bonds is 5. The second-order valence-corrected chi connectivity index (χ2v) is 6.79. The van der Waals surface area contributed by atoms with Gasteiger partial charge in [0.15, 0.2) is 11.5 Å². The Morgan fingerprint density at radius 1 is 1.08 bits per heavy atom. The minimum absolute atomic E-state index is 0.0770. The van der Waals surface area contributed by atoms with Gasteiger partial charge in [0.25, 0.3) is 0 Å². The number of carbonyl (C=O) groups excluding carboxylic acids is 1. The fraction of sp³-hybridized carbons (Fsp3) is 0.350. The molecular formula is C20H24N2O3. The van der Waals surface area contributed by atoms with Crippen molar-refractivity contribution >= 4 is 11.7 Å². The summed E-state index contributed by atoms with van der Waals surface area (Å²) in [5.74, 6) is 0.655. The molecule has 1 aliphatic rings. The molecule has 5 heteroatoms. The summed E-state index contributed by atoms with van der Waals surface area (Å²) in [4.78, 5) is 12.2. The van der Waals surface area contributed by atoms with Crippen molar-refractivity contribution < 1.29 is 14.3 Å². The standard InChI is InChI=1S/C20H24N2O3/c1-14(9-10-15-7-5-4-6-8-15)21-19(23)22-16-11-12-17-18(13-16)25-20(2,3)24-17/h4-8,11-14H,9-10H2,1-3H3,(H2,21,22,23). The Morgan fingerprint density at radius 3 is 2.56 bits per heavy atom. The normalized spacial score (nSPS) is 15.5. The Kier molecular flexibility index (Phi) is 4.83. The first-order valence-electron chi connectivity index (χ1n) is 8.55. The monoisotopic (exact) mass is 340 g/mol. The highest BCUT2D eigenvalue weighted by Gasteiger charge is 2.31. The minimum atomic E-state index is -0.671. The summed E-state index contributed by atoms with van der Waals surface area (Å²) in [5.41, 5.74) is 1.95. The number of carbonyl (C=O) groups is 1. The van der Waals surface area contributed by atoms with Crippen molar-refractivity contribution in [1.82, 2.24) is 5.32 Å². The number of nitrogens with one attached hydrogen (secondary N) is 2. The molecule has 1 aliphatic heterocycles. The Morgan fingerprint density at radius 2 is 1.80 bits per heavy atom. The molecule has 1 atom stereocenters. The average Bonchev–Trinajstić information content (AvgIpc) is 2.87. The number of aryl methyl sites for hydroxylation is 1. The molecule has 132 valence electrons. The van der Waals surface area contributed by atoms with Crippen molar-refractivity contribution in [2.45, 2.75) is 45.4 Å². The van der Waals surface area contributed by atoms with Crippen molar-refractivity contribution in [1.29, 1.82) is 0 Å². The van der Waals surface area contributed by atoms with Crippen LogP contribution in [0.5, 0.6) is 11.5 Å². The third-order valence-corrected chi connectivity index (χ3v) is 4.00. The first-order chi connectivity index (χ1) is 11.9. The summed E-state index contributed by atoms with van der Waals surface area (Å²) in [6, 6.07) is 15.5. The highest BCUT2D eigenvalue weighted by molar-refractivity contribution is 5.89. The van der Waals surface area contributed by atoms with Gasteiger partial charge in [0.1, 0.15) is 0 Å². The highest BCUT2D eigenvalue weighted by Crippen LogP contribution is 2.40. The van der Waals surface area contributed by atoms with Gasteiger partial charge in [-0.05, 0) is 37.5 Å². The van der Waals surface area contributed by atoms with Crippen LogP contribution in [0.2, 0.25) is 0 Å². The van der Waals surface area contributed by atoms with E-state index in [-0.39, 0.29) is 12.1 Å². The molecule has 2 aromatic rings. The Hall–Kier alpha value is -2.69. The first kappa shape index (κ1) is 17.1. The number of hydrogen-bond acceptors (Lipinski definition) is 3. The van der Waals surface area contributed by atoms with Crippen LogP contribution >= 0.6 is 0 Å². The van der Waals surface area contributed by atoms with Crippen molar-refractivity contribution in [2.75, 3.05) is 5.32 Å². The van der Waals surface area contributed by atoms with E-state index < -0.39 is 5.79 Å². The first-order valence-corrected chi connectivity index (χ1v) is 8.55. The molecule has 2 aromatic carbocycles. The summed E-state index contributed by atoms with van der Waals surface area (Å²) in [7, 11) is 0. The van der Waals surface area contributed by atoms with Gasteiger partial charge in [-0.15, -0.1) is 0 Å². The summed E-state index contributed by atoms with van der Waals surface area (Å²) in [5, 5.41) is 5.80. The number of fused-ring (bicyclic) bond motifs is 1. The lowest BCUT2D eigenvalue weighted by molar-refractivity contribution is -0.0431. The molecule has 1 heterocycles. The number of amides is 2. The van der Waals surface area contributed by atoms with E-state index in [4.69, 9.17) is 9.47 Å². The van der Waals surface area contributed by atoms with Crippen LogP contribution in [-0.4, -0.2) is 17.9 Å². The number of anilines is 1. The van der Waals surface area contributed by atoms with Gasteiger partial charge in [0.05, 0.1) is 0 Å². The van der Waals surface area contributed by atoms with Crippen molar-refractivity contribution in [3.05, 3.63) is 54.1 Å². The maximum absolute atomic E-state index is 12.2. The second kappa shape index (κ2) is 7.05. The van der Waals surface area contributed by atoms with E-state index in [2.05, 4.69) is 22.8 Å². The molecule has 0 fully saturated rings. The van der Waals surface area contributed by atoms with E-state index in [1.54, 1.807) is 18.2 Å². The zero-order valence-corrected chi connectivity index (χ0v) is 14.8. The van der Waals surface area contributed by atoms with Crippen LogP contribution < -0.4 is 20.1 Å². The van der Waals surface area contributed by atoms with Gasteiger partial charge in [0.2, 0.25) is 5.79 Å². The average molecular weight is 340 g/mol. The molecule has 1 unspecified atom stereocenters. The van der Waals surface area contributed by atoms with E-state index >= 15 is 0 Å². The summed E-state index contributed by atoms with van der Waals surface area (Å²) in [6.07, 6.45) is 1.81. The largest absolute Gasteiger partial charge is 0.449 e. The third-order valence-electron chi connectivity index (χ3n) is 4.00. The van der Waals surface area contributed by atoms with E-state index in [0.29, 0.717) is 17.2 Å². The van der Waals surface area contributed by atoms with Gasteiger partial charge in [-0.25, -0.2) is 4.79 Å². The summed E-state index contributed by atoms with van der Waals surface area (Å²) >= 11 is 0. The lowest BCUT2D eigenvalue weighted by Crippen LogP contribution is -2.36. The van der Waals surface area contributed by atoms with E-state index in [1.165, 1.54) is 5.56 Å². The lowest BCUT2D eigenvalue weighted by atomic mass is 10.1. The molecule has 0 aromatic heterocycles. The van der Waals surface area contributed by atoms with Crippen molar-refractivity contribution in [2.24, 2.45) is 0 Å². The minimum Gasteiger partial charge on any atom is -0.449 e. The van der Waals surface area contributed by atoms with Crippen LogP contribution in [-0.2, 0) is 6.42 Å². The Bertz CT molecular complexity index is 744. The molecule has 3 rings (SSSR count). The number of hydrogen-bond donors (Lipinski definition) is 2. The predicted molar refractivity (Wildman–Crippen MR) is 98.2 cm³/mol. The van der Waals surface area contributed by atoms with Crippen LogP contribution in [0.25, 0.3) is 0 Å². The molecule has 0 radical (unpaired) electrons. The fourth-order valence-electron chi connectivity index (χ4n) is 2.79. The van der Waals surface area contributed by atoms with Gasteiger partial charge in [-0.1, -0.05) is 30.3 Å². The smallest absolute Gasteiger partial charge is 0.319 e. The van der Waals surface area contributed by atoms with Crippen LogP contribution in [0.4, 0.5) is 10.5 Å². The van der Waals surface area contributed by atoms with Crippen LogP contribution in [0, 0.1) is 0 Å². The Balaban J connectivity index is 1.49. The molecule has 0 spiro atoms. The maximum atomic E-state index is 12.2. The topological polar surface area (TPSA) is 59.6 Å². The SMILES string of the molecule is CC(CCc1ccccc1)NC(=O)Nc1ccc2c(c1)OC(C)(C)O2. The molecule has 5 nitrogen and oxygen atoms in total. The highest BCUT2D eigenvalue weighted by atomic mass is 16.7. The zero-order valence-electron chi connectivity index (χ0n) is 14.8. The molecule has 25 heavy (non-hydrogen) atoms. The number of urea groups is 1. The molecule has 0 saturated carbocycles. The maximum Gasteiger partial charge on any atom is 0.319 e. The lowest BCUT2D eigenvalue weighted by Gasteiger charge is -2.16. The zero-order chi connectivity index (χ0) is 17.9. The molecule has 2 amide bonds. The molecule has 2 N–H and O–H groups in total. The number of benzene rings is 2. The number of ether oxygens (including phenoxy) is 2. The molecule has 0 aliphatic carbocycles. The van der Waals surface area contributed by atoms with Crippen molar-refractivity contribution in [3.8, 4) is 11.5 Å². The van der Waals surface area contributed by atoms with Gasteiger partial charge < -0.3 is 20.1 Å². The fourth-order valence-corrected chi connectivity index (χ4v) is 2.79. The van der Waals surface area contributed by atoms with Crippen LogP contribution in [0.3, 0.4) is 0 Å². The van der Waals surface area contributed by atoms with E-state index in [0.717, 1.165) is 12.8 Å². The quantitative estimate of drug-likeness (QED) is 0.851. The third kappa shape index (κ3) is 4.66. The van der Waals surface area contributed by atoms with Crippen molar-refractivity contribution in [3.63, 3.8) is 0 Å². The Labute approximate surface area is 148 Å². The van der Waals surface area contributed by atoms with Gasteiger partial charge in [-0.3, -0.25) is 0 Å². The summed E-state index contributed by atoms with van der Waals surface area (Å²) in [6.45, 7) is 5.70. The van der Waals surface area contributed by atoms with E-state index in [1.807, 2.05) is 39.0 Å². The molecular weight excluding hydrogens is 316 g/mol. The van der Waals surface area contributed by atoms with Crippen LogP contribution in [0.1, 0.15) is 32.8 Å². The second-order valence-electron chi connectivity index (χ2n) is 6.79. The van der Waals surface area contributed by atoms with Gasteiger partial charge in [0, 0.05) is 31.6 Å². The van der Waals surface area contributed by atoms with Gasteiger partial charge in [-0.2, -0.15) is 0 Å². The van der Waals surface area contributed by atoms with E-state index in [9.17, 15) is 4.79 Å². The molecule has 0 bridgehead atoms.